The third-order valence-electron chi connectivity index (χ3n) is 4.98. The van der Waals surface area contributed by atoms with Crippen LogP contribution in [0.15, 0.2) is 49.1 Å². The predicted octanol–water partition coefficient (Wildman–Crippen LogP) is 3.91. The average Bonchev–Trinajstić information content (AvgIpc) is 3.07. The lowest BCUT2D eigenvalue weighted by atomic mass is 9.94. The van der Waals surface area contributed by atoms with Crippen LogP contribution in [0.2, 0.25) is 5.02 Å². The zero-order chi connectivity index (χ0) is 17.9. The van der Waals surface area contributed by atoms with Gasteiger partial charge in [0.2, 0.25) is 0 Å². The molecule has 0 spiro atoms. The van der Waals surface area contributed by atoms with Gasteiger partial charge in [-0.1, -0.05) is 23.7 Å². The summed E-state index contributed by atoms with van der Waals surface area (Å²) >= 11 is 6.12. The number of nitrogens with zero attached hydrogens (tertiary/aromatic N) is 5. The summed E-state index contributed by atoms with van der Waals surface area (Å²) < 4.78 is 2.09. The van der Waals surface area contributed by atoms with Crippen LogP contribution in [0.1, 0.15) is 30.3 Å². The molecular weight excluding hydrogens is 346 g/mol. The van der Waals surface area contributed by atoms with Gasteiger partial charge in [0.1, 0.15) is 5.82 Å². The summed E-state index contributed by atoms with van der Waals surface area (Å²) in [4.78, 5) is 16.2. The largest absolute Gasteiger partial charge is 0.337 e. The number of imidazole rings is 1. The highest BCUT2D eigenvalue weighted by atomic mass is 35.5. The van der Waals surface area contributed by atoms with Crippen molar-refractivity contribution in [1.82, 2.24) is 24.4 Å². The molecule has 0 amide bonds. The van der Waals surface area contributed by atoms with E-state index in [1.54, 1.807) is 0 Å². The number of hydrogen-bond donors (Lipinski definition) is 0. The fraction of sp³-hybridized carbons (Fsp3) is 0.350. The second-order valence-corrected chi connectivity index (χ2v) is 7.30. The molecule has 5 nitrogen and oxygen atoms in total. The SMILES string of the molecule is Cn1ccnc1CN1CCCC(c2cncc(-c3cccc(Cl)c3)n2)C1. The van der Waals surface area contributed by atoms with Crippen LogP contribution >= 0.6 is 11.6 Å². The lowest BCUT2D eigenvalue weighted by Gasteiger charge is -2.32. The fourth-order valence-corrected chi connectivity index (χ4v) is 3.74. The summed E-state index contributed by atoms with van der Waals surface area (Å²) in [6.07, 6.45) is 9.88. The topological polar surface area (TPSA) is 46.8 Å². The van der Waals surface area contributed by atoms with Gasteiger partial charge in [-0.05, 0) is 31.5 Å². The molecule has 1 aliphatic rings. The predicted molar refractivity (Wildman–Crippen MR) is 103 cm³/mol. The Morgan fingerprint density at radius 1 is 1.27 bits per heavy atom. The Balaban J connectivity index is 1.52. The molecular formula is C20H22ClN5. The molecule has 0 aliphatic carbocycles. The number of hydrogen-bond acceptors (Lipinski definition) is 4. The summed E-state index contributed by atoms with van der Waals surface area (Å²) in [6, 6.07) is 7.78. The maximum Gasteiger partial charge on any atom is 0.122 e. The lowest BCUT2D eigenvalue weighted by Crippen LogP contribution is -2.35. The maximum atomic E-state index is 6.12. The van der Waals surface area contributed by atoms with Crippen LogP contribution in [-0.4, -0.2) is 37.5 Å². The van der Waals surface area contributed by atoms with Crippen molar-refractivity contribution in [2.45, 2.75) is 25.3 Å². The van der Waals surface area contributed by atoms with Crippen molar-refractivity contribution in [3.8, 4) is 11.3 Å². The quantitative estimate of drug-likeness (QED) is 0.701. The third-order valence-corrected chi connectivity index (χ3v) is 5.22. The van der Waals surface area contributed by atoms with Crippen LogP contribution < -0.4 is 0 Å². The zero-order valence-electron chi connectivity index (χ0n) is 14.8. The van der Waals surface area contributed by atoms with E-state index in [1.165, 1.54) is 0 Å². The van der Waals surface area contributed by atoms with Crippen molar-refractivity contribution in [2.24, 2.45) is 7.05 Å². The van der Waals surface area contributed by atoms with Gasteiger partial charge in [-0.3, -0.25) is 9.88 Å². The Kier molecular flexibility index (Phi) is 5.00. The molecule has 1 fully saturated rings. The molecule has 0 bridgehead atoms. The van der Waals surface area contributed by atoms with Crippen LogP contribution in [0.25, 0.3) is 11.3 Å². The summed E-state index contributed by atoms with van der Waals surface area (Å²) in [5.74, 6) is 1.50. The maximum absolute atomic E-state index is 6.12. The summed E-state index contributed by atoms with van der Waals surface area (Å²) in [5, 5.41) is 0.716. The van der Waals surface area contributed by atoms with Gasteiger partial charge < -0.3 is 4.57 Å². The van der Waals surface area contributed by atoms with Gasteiger partial charge >= 0.3 is 0 Å². The number of aryl methyl sites for hydroxylation is 1. The average molecular weight is 368 g/mol. The van der Waals surface area contributed by atoms with E-state index in [2.05, 4.69) is 19.4 Å². The molecule has 0 saturated carbocycles. The summed E-state index contributed by atoms with van der Waals surface area (Å²) in [5.41, 5.74) is 2.95. The normalized spacial score (nSPS) is 18.2. The molecule has 6 heteroatoms. The van der Waals surface area contributed by atoms with Crippen LogP contribution in [0, 0.1) is 0 Å². The fourth-order valence-electron chi connectivity index (χ4n) is 3.55. The lowest BCUT2D eigenvalue weighted by molar-refractivity contribution is 0.192. The second-order valence-electron chi connectivity index (χ2n) is 6.87. The zero-order valence-corrected chi connectivity index (χ0v) is 15.6. The van der Waals surface area contributed by atoms with Gasteiger partial charge in [-0.15, -0.1) is 0 Å². The van der Waals surface area contributed by atoms with Crippen molar-refractivity contribution >= 4 is 11.6 Å². The number of benzene rings is 1. The van der Waals surface area contributed by atoms with Crippen molar-refractivity contribution in [1.29, 1.82) is 0 Å². The van der Waals surface area contributed by atoms with Crippen molar-refractivity contribution in [2.75, 3.05) is 13.1 Å². The van der Waals surface area contributed by atoms with E-state index < -0.39 is 0 Å². The molecule has 26 heavy (non-hydrogen) atoms. The van der Waals surface area contributed by atoms with Crippen molar-refractivity contribution < 1.29 is 0 Å². The first kappa shape index (κ1) is 17.2. The smallest absolute Gasteiger partial charge is 0.122 e. The first-order valence-electron chi connectivity index (χ1n) is 8.95. The Morgan fingerprint density at radius 2 is 2.19 bits per heavy atom. The minimum absolute atomic E-state index is 0.399. The minimum Gasteiger partial charge on any atom is -0.337 e. The van der Waals surface area contributed by atoms with Crippen molar-refractivity contribution in [3.63, 3.8) is 0 Å². The number of halogens is 1. The highest BCUT2D eigenvalue weighted by molar-refractivity contribution is 6.30. The minimum atomic E-state index is 0.399. The molecule has 0 radical (unpaired) electrons. The standard InChI is InChI=1S/C20H22ClN5/c1-25-9-7-23-20(25)14-26-8-3-5-16(13-26)19-12-22-11-18(24-19)15-4-2-6-17(21)10-15/h2,4,6-7,9-12,16H,3,5,8,13-14H2,1H3. The Hall–Kier alpha value is -2.24. The third kappa shape index (κ3) is 3.79. The molecule has 1 aromatic carbocycles. The summed E-state index contributed by atoms with van der Waals surface area (Å²) in [6.45, 7) is 2.97. The monoisotopic (exact) mass is 367 g/mol. The van der Waals surface area contributed by atoms with Gasteiger partial charge in [0.25, 0.3) is 0 Å². The van der Waals surface area contributed by atoms with E-state index in [0.29, 0.717) is 10.9 Å². The van der Waals surface area contributed by atoms with E-state index >= 15 is 0 Å². The van der Waals surface area contributed by atoms with Gasteiger partial charge in [0.05, 0.1) is 24.1 Å². The highest BCUT2D eigenvalue weighted by Crippen LogP contribution is 2.28. The van der Waals surface area contributed by atoms with Crippen LogP contribution in [0.5, 0.6) is 0 Å². The van der Waals surface area contributed by atoms with E-state index in [0.717, 1.165) is 55.3 Å². The van der Waals surface area contributed by atoms with E-state index in [-0.39, 0.29) is 0 Å². The Morgan fingerprint density at radius 3 is 3.00 bits per heavy atom. The number of rotatable bonds is 4. The molecule has 3 heterocycles. The molecule has 3 aromatic rings. The van der Waals surface area contributed by atoms with Gasteiger partial charge in [0.15, 0.2) is 0 Å². The van der Waals surface area contributed by atoms with Crippen molar-refractivity contribution in [3.05, 3.63) is 65.6 Å². The number of aromatic nitrogens is 4. The first-order valence-corrected chi connectivity index (χ1v) is 9.33. The van der Waals surface area contributed by atoms with E-state index in [9.17, 15) is 0 Å². The first-order chi connectivity index (χ1) is 12.7. The molecule has 1 saturated heterocycles. The Labute approximate surface area is 158 Å². The van der Waals surface area contributed by atoms with E-state index in [4.69, 9.17) is 16.6 Å². The molecule has 0 N–H and O–H groups in total. The molecule has 4 rings (SSSR count). The molecule has 2 aromatic heterocycles. The molecule has 1 atom stereocenters. The highest BCUT2D eigenvalue weighted by Gasteiger charge is 2.23. The van der Waals surface area contributed by atoms with Crippen LogP contribution in [0.4, 0.5) is 0 Å². The van der Waals surface area contributed by atoms with Crippen LogP contribution in [0.3, 0.4) is 0 Å². The molecule has 1 unspecified atom stereocenters. The molecule has 134 valence electrons. The van der Waals surface area contributed by atoms with E-state index in [1.807, 2.05) is 56.1 Å². The Bertz CT molecular complexity index is 891. The van der Waals surface area contributed by atoms with Crippen LogP contribution in [-0.2, 0) is 13.6 Å². The number of likely N-dealkylation sites (tertiary alicyclic amines) is 1. The molecule has 1 aliphatic heterocycles. The summed E-state index contributed by atoms with van der Waals surface area (Å²) in [7, 11) is 2.05. The van der Waals surface area contributed by atoms with Gasteiger partial charge in [0, 0.05) is 48.7 Å². The number of piperidine rings is 1. The van der Waals surface area contributed by atoms with Gasteiger partial charge in [-0.25, -0.2) is 9.97 Å². The second kappa shape index (κ2) is 7.56. The van der Waals surface area contributed by atoms with Gasteiger partial charge in [-0.2, -0.15) is 0 Å².